The summed E-state index contributed by atoms with van der Waals surface area (Å²) in [5, 5.41) is 21.9. The molecule has 0 bridgehead atoms. The molecule has 0 spiro atoms. The number of benzene rings is 2. The SMILES string of the molecule is Cc1cc(CCCCOCC(CSC2CCCCC2)OCCCCc2cc(C)c(O)c(C(C)(C)C)c2)cc(C(C)(C)C)c1O. The van der Waals surface area contributed by atoms with E-state index in [0.29, 0.717) is 18.1 Å². The molecule has 2 N–H and O–H groups in total. The minimum Gasteiger partial charge on any atom is -0.507 e. The summed E-state index contributed by atoms with van der Waals surface area (Å²) in [5.74, 6) is 1.89. The number of phenols is 2. The van der Waals surface area contributed by atoms with Crippen LogP contribution in [-0.4, -0.2) is 47.1 Å². The molecule has 1 unspecified atom stereocenters. The first-order valence-electron chi connectivity index (χ1n) is 17.2. The van der Waals surface area contributed by atoms with E-state index in [1.54, 1.807) is 0 Å². The Morgan fingerprint density at radius 1 is 0.727 bits per heavy atom. The normalized spacial score (nSPS) is 15.5. The first-order chi connectivity index (χ1) is 20.8. The molecule has 0 amide bonds. The maximum atomic E-state index is 10.6. The van der Waals surface area contributed by atoms with E-state index in [9.17, 15) is 10.2 Å². The third kappa shape index (κ3) is 11.9. The van der Waals surface area contributed by atoms with Crippen LogP contribution in [0.4, 0.5) is 0 Å². The number of rotatable bonds is 16. The smallest absolute Gasteiger partial charge is 0.122 e. The molecule has 248 valence electrons. The van der Waals surface area contributed by atoms with E-state index in [4.69, 9.17) is 9.47 Å². The van der Waals surface area contributed by atoms with E-state index >= 15 is 0 Å². The summed E-state index contributed by atoms with van der Waals surface area (Å²) in [6.07, 6.45) is 13.1. The molecule has 1 saturated carbocycles. The Kier molecular flexibility index (Phi) is 14.4. The Morgan fingerprint density at radius 2 is 1.23 bits per heavy atom. The van der Waals surface area contributed by atoms with E-state index in [1.807, 2.05) is 13.8 Å². The van der Waals surface area contributed by atoms with Gasteiger partial charge in [-0.05, 0) is 109 Å². The summed E-state index contributed by atoms with van der Waals surface area (Å²) in [5.41, 5.74) is 6.46. The molecule has 44 heavy (non-hydrogen) atoms. The van der Waals surface area contributed by atoms with E-state index < -0.39 is 0 Å². The fraction of sp³-hybridized carbons (Fsp3) is 0.692. The number of aromatic hydroxyl groups is 2. The zero-order chi connectivity index (χ0) is 32.3. The molecule has 3 rings (SSSR count). The van der Waals surface area contributed by atoms with Crippen molar-refractivity contribution in [1.29, 1.82) is 0 Å². The van der Waals surface area contributed by atoms with Gasteiger partial charge in [0.05, 0.1) is 12.7 Å². The van der Waals surface area contributed by atoms with Crippen LogP contribution in [0, 0.1) is 13.8 Å². The summed E-state index contributed by atoms with van der Waals surface area (Å²) in [6.45, 7) is 19.1. The summed E-state index contributed by atoms with van der Waals surface area (Å²) in [4.78, 5) is 0. The molecule has 0 aliphatic heterocycles. The van der Waals surface area contributed by atoms with Crippen LogP contribution in [0.2, 0.25) is 0 Å². The Morgan fingerprint density at radius 3 is 1.73 bits per heavy atom. The molecule has 2 aromatic rings. The second-order valence-electron chi connectivity index (χ2n) is 15.2. The lowest BCUT2D eigenvalue weighted by Crippen LogP contribution is -2.25. The fourth-order valence-corrected chi connectivity index (χ4v) is 7.54. The average Bonchev–Trinajstić information content (AvgIpc) is 2.95. The largest absolute Gasteiger partial charge is 0.507 e. The maximum absolute atomic E-state index is 10.6. The summed E-state index contributed by atoms with van der Waals surface area (Å²) >= 11 is 2.10. The van der Waals surface area contributed by atoms with Crippen molar-refractivity contribution in [3.8, 4) is 11.5 Å². The molecule has 1 fully saturated rings. The van der Waals surface area contributed by atoms with Crippen LogP contribution in [0.5, 0.6) is 11.5 Å². The lowest BCUT2D eigenvalue weighted by Gasteiger charge is -2.24. The Balaban J connectivity index is 1.43. The van der Waals surface area contributed by atoms with Gasteiger partial charge in [-0.3, -0.25) is 0 Å². The summed E-state index contributed by atoms with van der Waals surface area (Å²) in [6, 6.07) is 8.63. The third-order valence-corrected chi connectivity index (χ3v) is 10.4. The fourth-order valence-electron chi connectivity index (χ4n) is 6.19. The van der Waals surface area contributed by atoms with Crippen molar-refractivity contribution in [2.24, 2.45) is 0 Å². The van der Waals surface area contributed by atoms with Crippen LogP contribution < -0.4 is 0 Å². The van der Waals surface area contributed by atoms with Crippen molar-refractivity contribution in [3.05, 3.63) is 57.6 Å². The van der Waals surface area contributed by atoms with Crippen molar-refractivity contribution < 1.29 is 19.7 Å². The van der Waals surface area contributed by atoms with E-state index in [-0.39, 0.29) is 16.9 Å². The lowest BCUT2D eigenvalue weighted by atomic mass is 9.83. The second-order valence-corrected chi connectivity index (χ2v) is 16.5. The van der Waals surface area contributed by atoms with Gasteiger partial charge in [-0.15, -0.1) is 0 Å². The number of hydrogen-bond acceptors (Lipinski definition) is 5. The highest BCUT2D eigenvalue weighted by atomic mass is 32.2. The number of phenolic OH excluding ortho intramolecular Hbond substituents is 2. The molecule has 0 radical (unpaired) electrons. The standard InChI is InChI=1S/C39H62O4S/c1-28-22-30(24-34(36(28)40)38(3,4)5)16-12-14-20-42-26-32(27-44-33-18-10-9-11-19-33)43-21-15-13-17-31-23-29(2)37(41)35(25-31)39(6,7)8/h22-25,32-33,40-41H,9-21,26-27H2,1-8H3. The summed E-state index contributed by atoms with van der Waals surface area (Å²) < 4.78 is 12.6. The minimum atomic E-state index is -0.0719. The Hall–Kier alpha value is -1.69. The molecule has 1 aliphatic carbocycles. The number of thioether (sulfide) groups is 1. The van der Waals surface area contributed by atoms with E-state index in [2.05, 4.69) is 77.6 Å². The molecule has 0 saturated heterocycles. The van der Waals surface area contributed by atoms with Gasteiger partial charge < -0.3 is 19.7 Å². The third-order valence-electron chi connectivity index (χ3n) is 8.93. The van der Waals surface area contributed by atoms with Gasteiger partial charge >= 0.3 is 0 Å². The molecule has 5 heteroatoms. The highest BCUT2D eigenvalue weighted by Crippen LogP contribution is 2.36. The highest BCUT2D eigenvalue weighted by molar-refractivity contribution is 7.99. The maximum Gasteiger partial charge on any atom is 0.122 e. The van der Waals surface area contributed by atoms with Crippen LogP contribution >= 0.6 is 11.8 Å². The van der Waals surface area contributed by atoms with Gasteiger partial charge in [-0.2, -0.15) is 11.8 Å². The molecule has 1 aliphatic rings. The monoisotopic (exact) mass is 626 g/mol. The quantitative estimate of drug-likeness (QED) is 0.182. The van der Waals surface area contributed by atoms with Gasteiger partial charge in [-0.1, -0.05) is 85.1 Å². The van der Waals surface area contributed by atoms with E-state index in [1.165, 1.54) is 43.2 Å². The Bertz CT molecular complexity index is 1150. The van der Waals surface area contributed by atoms with Crippen LogP contribution in [-0.2, 0) is 33.1 Å². The lowest BCUT2D eigenvalue weighted by molar-refractivity contribution is -0.00603. The highest BCUT2D eigenvalue weighted by Gasteiger charge is 2.22. The second kappa shape index (κ2) is 17.3. The first-order valence-corrected chi connectivity index (χ1v) is 18.3. The predicted octanol–water partition coefficient (Wildman–Crippen LogP) is 10.1. The van der Waals surface area contributed by atoms with Gasteiger partial charge in [0, 0.05) is 24.2 Å². The predicted molar refractivity (Wildman–Crippen MR) is 189 cm³/mol. The van der Waals surface area contributed by atoms with Crippen molar-refractivity contribution in [1.82, 2.24) is 0 Å². The number of ether oxygens (including phenoxy) is 2. The number of hydrogen-bond donors (Lipinski definition) is 2. The van der Waals surface area contributed by atoms with Crippen molar-refractivity contribution in [2.45, 2.75) is 148 Å². The van der Waals surface area contributed by atoms with Crippen molar-refractivity contribution in [2.75, 3.05) is 25.6 Å². The van der Waals surface area contributed by atoms with Crippen LogP contribution in [0.15, 0.2) is 24.3 Å². The van der Waals surface area contributed by atoms with Crippen LogP contribution in [0.3, 0.4) is 0 Å². The molecular weight excluding hydrogens is 564 g/mol. The molecule has 2 aromatic carbocycles. The van der Waals surface area contributed by atoms with Gasteiger partial charge in [0.2, 0.25) is 0 Å². The van der Waals surface area contributed by atoms with E-state index in [0.717, 1.165) is 85.0 Å². The topological polar surface area (TPSA) is 58.9 Å². The van der Waals surface area contributed by atoms with Crippen LogP contribution in [0.25, 0.3) is 0 Å². The molecule has 1 atom stereocenters. The zero-order valence-electron chi connectivity index (χ0n) is 29.2. The number of aryl methyl sites for hydroxylation is 4. The summed E-state index contributed by atoms with van der Waals surface area (Å²) in [7, 11) is 0. The number of unbranched alkanes of at least 4 members (excludes halogenated alkanes) is 2. The Labute approximate surface area is 273 Å². The van der Waals surface area contributed by atoms with Crippen molar-refractivity contribution in [3.63, 3.8) is 0 Å². The van der Waals surface area contributed by atoms with Crippen molar-refractivity contribution >= 4 is 11.8 Å². The molecular formula is C39H62O4S. The zero-order valence-corrected chi connectivity index (χ0v) is 30.0. The molecule has 4 nitrogen and oxygen atoms in total. The van der Waals surface area contributed by atoms with Gasteiger partial charge in [0.1, 0.15) is 11.5 Å². The average molecular weight is 627 g/mol. The van der Waals surface area contributed by atoms with Crippen LogP contribution in [0.1, 0.15) is 133 Å². The van der Waals surface area contributed by atoms with Gasteiger partial charge in [0.25, 0.3) is 0 Å². The first kappa shape index (κ1) is 36.8. The van der Waals surface area contributed by atoms with Gasteiger partial charge in [-0.25, -0.2) is 0 Å². The van der Waals surface area contributed by atoms with Gasteiger partial charge in [0.15, 0.2) is 0 Å². The minimum absolute atomic E-state index is 0.0705. The molecule has 0 heterocycles. The molecule has 0 aromatic heterocycles.